The van der Waals surface area contributed by atoms with Crippen LogP contribution in [0, 0.1) is 5.92 Å². The molecule has 1 saturated carbocycles. The van der Waals surface area contributed by atoms with Gasteiger partial charge >= 0.3 is 5.97 Å². The Morgan fingerprint density at radius 2 is 2.15 bits per heavy atom. The Bertz CT molecular complexity index is 480. The number of amides is 1. The van der Waals surface area contributed by atoms with Gasteiger partial charge in [-0.15, -0.1) is 5.10 Å². The van der Waals surface area contributed by atoms with Gasteiger partial charge in [-0.1, -0.05) is 24.5 Å². The van der Waals surface area contributed by atoms with Crippen molar-refractivity contribution in [3.63, 3.8) is 0 Å². The molecule has 20 heavy (non-hydrogen) atoms. The summed E-state index contributed by atoms with van der Waals surface area (Å²) < 4.78 is 1.24. The van der Waals surface area contributed by atoms with Crippen molar-refractivity contribution in [3.8, 4) is 0 Å². The van der Waals surface area contributed by atoms with Gasteiger partial charge < -0.3 is 10.4 Å². The summed E-state index contributed by atoms with van der Waals surface area (Å²) in [7, 11) is 0. The van der Waals surface area contributed by atoms with Gasteiger partial charge in [0, 0.05) is 6.04 Å². The third kappa shape index (κ3) is 3.79. The van der Waals surface area contributed by atoms with Crippen molar-refractivity contribution < 1.29 is 14.7 Å². The van der Waals surface area contributed by atoms with Crippen LogP contribution in [0.1, 0.15) is 49.5 Å². The third-order valence-electron chi connectivity index (χ3n) is 3.81. The highest BCUT2D eigenvalue weighted by Crippen LogP contribution is 2.26. The van der Waals surface area contributed by atoms with Crippen molar-refractivity contribution in [2.75, 3.05) is 0 Å². The zero-order valence-corrected chi connectivity index (χ0v) is 11.6. The molecule has 1 aliphatic carbocycles. The van der Waals surface area contributed by atoms with E-state index < -0.39 is 5.97 Å². The summed E-state index contributed by atoms with van der Waals surface area (Å²) in [6, 6.07) is 0.144. The fourth-order valence-corrected chi connectivity index (χ4v) is 2.67. The second-order valence-electron chi connectivity index (χ2n) is 5.36. The number of carboxylic acids is 1. The highest BCUT2D eigenvalue weighted by atomic mass is 16.4. The van der Waals surface area contributed by atoms with Crippen LogP contribution in [-0.4, -0.2) is 38.0 Å². The summed E-state index contributed by atoms with van der Waals surface area (Å²) in [4.78, 5) is 22.6. The third-order valence-corrected chi connectivity index (χ3v) is 3.81. The van der Waals surface area contributed by atoms with Gasteiger partial charge in [0.2, 0.25) is 5.91 Å². The first-order chi connectivity index (χ1) is 9.56. The molecule has 7 nitrogen and oxygen atoms in total. The number of nitrogens with one attached hydrogen (secondary N) is 1. The van der Waals surface area contributed by atoms with Gasteiger partial charge in [0.05, 0.1) is 6.20 Å². The fraction of sp³-hybridized carbons (Fsp3) is 0.692. The molecule has 110 valence electrons. The molecule has 0 saturated heterocycles. The largest absolute Gasteiger partial charge is 0.476 e. The van der Waals surface area contributed by atoms with E-state index in [9.17, 15) is 9.59 Å². The van der Waals surface area contributed by atoms with Crippen LogP contribution in [0.15, 0.2) is 6.20 Å². The van der Waals surface area contributed by atoms with Crippen LogP contribution in [0.5, 0.6) is 0 Å². The maximum Gasteiger partial charge on any atom is 0.358 e. The van der Waals surface area contributed by atoms with Crippen molar-refractivity contribution in [1.82, 2.24) is 20.3 Å². The minimum absolute atomic E-state index is 0.00264. The number of aromatic carboxylic acids is 1. The summed E-state index contributed by atoms with van der Waals surface area (Å²) in [5.41, 5.74) is -0.155. The molecule has 0 radical (unpaired) electrons. The second-order valence-corrected chi connectivity index (χ2v) is 5.36. The minimum Gasteiger partial charge on any atom is -0.476 e. The van der Waals surface area contributed by atoms with Crippen LogP contribution in [0.25, 0.3) is 0 Å². The van der Waals surface area contributed by atoms with E-state index in [1.54, 1.807) is 0 Å². The van der Waals surface area contributed by atoms with Crippen LogP contribution in [-0.2, 0) is 11.3 Å². The van der Waals surface area contributed by atoms with Gasteiger partial charge in [-0.3, -0.25) is 4.79 Å². The summed E-state index contributed by atoms with van der Waals surface area (Å²) in [6.07, 6.45) is 7.33. The van der Waals surface area contributed by atoms with Crippen molar-refractivity contribution in [1.29, 1.82) is 0 Å². The van der Waals surface area contributed by atoms with Crippen LogP contribution in [0.4, 0.5) is 0 Å². The number of carboxylic acid groups (broad SMARTS) is 1. The number of nitrogens with zero attached hydrogens (tertiary/aromatic N) is 3. The van der Waals surface area contributed by atoms with Crippen LogP contribution >= 0.6 is 0 Å². The average Bonchev–Trinajstić information content (AvgIpc) is 2.88. The Balaban J connectivity index is 1.83. The van der Waals surface area contributed by atoms with Crippen molar-refractivity contribution in [2.24, 2.45) is 5.92 Å². The smallest absolute Gasteiger partial charge is 0.358 e. The van der Waals surface area contributed by atoms with Gasteiger partial charge in [-0.2, -0.15) is 0 Å². The number of hydrogen-bond acceptors (Lipinski definition) is 4. The number of carbonyl (C=O) groups excluding carboxylic acids is 1. The van der Waals surface area contributed by atoms with E-state index in [1.807, 2.05) is 6.92 Å². The molecule has 2 rings (SSSR count). The van der Waals surface area contributed by atoms with Gasteiger partial charge in [-0.25, -0.2) is 9.48 Å². The Morgan fingerprint density at radius 1 is 1.45 bits per heavy atom. The number of rotatable bonds is 5. The molecule has 1 unspecified atom stereocenters. The van der Waals surface area contributed by atoms with E-state index in [1.165, 1.54) is 30.1 Å². The molecule has 0 spiro atoms. The molecular weight excluding hydrogens is 260 g/mol. The Morgan fingerprint density at radius 3 is 2.75 bits per heavy atom. The molecule has 0 bridgehead atoms. The molecule has 1 aliphatic rings. The quantitative estimate of drug-likeness (QED) is 0.840. The molecule has 7 heteroatoms. The fourth-order valence-electron chi connectivity index (χ4n) is 2.67. The SMILES string of the molecule is CC(NC(=O)Cn1cc(C(=O)O)nn1)C1CCCCC1. The lowest BCUT2D eigenvalue weighted by atomic mass is 9.84. The lowest BCUT2D eigenvalue weighted by molar-refractivity contribution is -0.122. The van der Waals surface area contributed by atoms with Crippen molar-refractivity contribution >= 4 is 11.9 Å². The van der Waals surface area contributed by atoms with E-state index in [4.69, 9.17) is 5.11 Å². The van der Waals surface area contributed by atoms with Gasteiger partial charge in [0.15, 0.2) is 5.69 Å². The molecule has 1 atom stereocenters. The molecule has 2 N–H and O–H groups in total. The normalized spacial score (nSPS) is 17.6. The number of aromatic nitrogens is 3. The van der Waals surface area contributed by atoms with E-state index in [0.29, 0.717) is 5.92 Å². The minimum atomic E-state index is -1.15. The predicted molar refractivity (Wildman–Crippen MR) is 71.2 cm³/mol. The molecule has 1 heterocycles. The average molecular weight is 280 g/mol. The Kier molecular flexibility index (Phi) is 4.70. The Hall–Kier alpha value is -1.92. The first kappa shape index (κ1) is 14.5. The highest BCUT2D eigenvalue weighted by Gasteiger charge is 2.21. The lowest BCUT2D eigenvalue weighted by Crippen LogP contribution is -2.40. The zero-order valence-electron chi connectivity index (χ0n) is 11.6. The summed E-state index contributed by atoms with van der Waals surface area (Å²) in [6.45, 7) is 2.02. The summed E-state index contributed by atoms with van der Waals surface area (Å²) in [5, 5.41) is 18.8. The molecular formula is C13H20N4O3. The first-order valence-corrected chi connectivity index (χ1v) is 6.99. The molecule has 1 fully saturated rings. The molecule has 1 amide bonds. The van der Waals surface area contributed by atoms with Crippen LogP contribution in [0.2, 0.25) is 0 Å². The van der Waals surface area contributed by atoms with E-state index in [-0.39, 0.29) is 24.2 Å². The molecule has 1 aromatic rings. The zero-order chi connectivity index (χ0) is 14.5. The highest BCUT2D eigenvalue weighted by molar-refractivity contribution is 5.84. The standard InChI is InChI=1S/C13H20N4O3/c1-9(10-5-3-2-4-6-10)14-12(18)8-17-7-11(13(19)20)15-16-17/h7,9-10H,2-6,8H2,1H3,(H,14,18)(H,19,20). The van der Waals surface area contributed by atoms with Gasteiger partial charge in [0.1, 0.15) is 6.54 Å². The maximum absolute atomic E-state index is 11.9. The predicted octanol–water partition coefficient (Wildman–Crippen LogP) is 1.06. The number of carbonyl (C=O) groups is 2. The first-order valence-electron chi connectivity index (χ1n) is 6.99. The van der Waals surface area contributed by atoms with Gasteiger partial charge in [-0.05, 0) is 25.7 Å². The molecule has 1 aromatic heterocycles. The second kappa shape index (κ2) is 6.49. The molecule has 0 aliphatic heterocycles. The lowest BCUT2D eigenvalue weighted by Gasteiger charge is -2.28. The van der Waals surface area contributed by atoms with Crippen molar-refractivity contribution in [3.05, 3.63) is 11.9 Å². The maximum atomic E-state index is 11.9. The van der Waals surface area contributed by atoms with Crippen LogP contribution < -0.4 is 5.32 Å². The van der Waals surface area contributed by atoms with E-state index in [0.717, 1.165) is 12.8 Å². The van der Waals surface area contributed by atoms with Crippen LogP contribution in [0.3, 0.4) is 0 Å². The summed E-state index contributed by atoms with van der Waals surface area (Å²) >= 11 is 0. The molecule has 0 aromatic carbocycles. The number of hydrogen-bond donors (Lipinski definition) is 2. The summed E-state index contributed by atoms with van der Waals surface area (Å²) in [5.74, 6) is -0.768. The van der Waals surface area contributed by atoms with Crippen molar-refractivity contribution in [2.45, 2.75) is 51.6 Å². The van der Waals surface area contributed by atoms with E-state index in [2.05, 4.69) is 15.6 Å². The Labute approximate surface area is 117 Å². The topological polar surface area (TPSA) is 97.1 Å². The van der Waals surface area contributed by atoms with Gasteiger partial charge in [0.25, 0.3) is 0 Å². The monoisotopic (exact) mass is 280 g/mol. The van der Waals surface area contributed by atoms with E-state index >= 15 is 0 Å².